The Morgan fingerprint density at radius 1 is 0.970 bits per heavy atom. The molecule has 0 aliphatic rings. The Hall–Kier alpha value is -2.79. The van der Waals surface area contributed by atoms with Crippen LogP contribution in [0.25, 0.3) is 11.1 Å². The van der Waals surface area contributed by atoms with E-state index in [2.05, 4.69) is 50.4 Å². The van der Waals surface area contributed by atoms with Crippen LogP contribution in [0.2, 0.25) is 0 Å². The number of aldehydes is 1. The lowest BCUT2D eigenvalue weighted by Crippen LogP contribution is -2.24. The van der Waals surface area contributed by atoms with Crippen LogP contribution in [0.3, 0.4) is 0 Å². The van der Waals surface area contributed by atoms with Gasteiger partial charge in [-0.1, -0.05) is 83.1 Å². The van der Waals surface area contributed by atoms with Crippen LogP contribution in [0.15, 0.2) is 48.5 Å². The van der Waals surface area contributed by atoms with Gasteiger partial charge in [-0.05, 0) is 48.8 Å². The first-order valence-electron chi connectivity index (χ1n) is 11.4. The second-order valence-corrected chi connectivity index (χ2v) is 8.11. The van der Waals surface area contributed by atoms with Gasteiger partial charge in [-0.2, -0.15) is 0 Å². The van der Waals surface area contributed by atoms with Crippen molar-refractivity contribution in [1.82, 2.24) is 5.32 Å². The summed E-state index contributed by atoms with van der Waals surface area (Å²) in [5.41, 5.74) is 4.69. The molecule has 0 saturated heterocycles. The summed E-state index contributed by atoms with van der Waals surface area (Å²) in [6, 6.07) is 16.5. The third-order valence-electron chi connectivity index (χ3n) is 5.48. The fraction of sp³-hybridized carbons (Fsp3) is 0.464. The molecule has 0 heterocycles. The molecule has 0 spiro atoms. The van der Waals surface area contributed by atoms with Crippen molar-refractivity contribution >= 4 is 18.0 Å². The number of carbonyl (C=O) groups excluding carboxylic acids is 3. The zero-order chi connectivity index (χ0) is 26.0. The molecule has 1 unspecified atom stereocenters. The summed E-state index contributed by atoms with van der Waals surface area (Å²) in [5, 5.41) is 9.58. The molecule has 0 aromatic heterocycles. The number of amides is 1. The molecular weight excluding hydrogens is 414 g/mol. The van der Waals surface area contributed by atoms with Crippen LogP contribution in [0.4, 0.5) is 0 Å². The third-order valence-corrected chi connectivity index (χ3v) is 5.48. The van der Waals surface area contributed by atoms with Gasteiger partial charge >= 0.3 is 0 Å². The smallest absolute Gasteiger partial charge is 0.222 e. The zero-order valence-corrected chi connectivity index (χ0v) is 21.9. The highest BCUT2D eigenvalue weighted by atomic mass is 16.2. The molecule has 1 amide bonds. The van der Waals surface area contributed by atoms with Crippen molar-refractivity contribution in [2.45, 2.75) is 66.7 Å². The lowest BCUT2D eigenvalue weighted by molar-refractivity contribution is -0.124. The van der Waals surface area contributed by atoms with E-state index in [9.17, 15) is 9.59 Å². The van der Waals surface area contributed by atoms with Crippen LogP contribution < -0.4 is 5.32 Å². The van der Waals surface area contributed by atoms with E-state index in [1.54, 1.807) is 14.0 Å². The topological polar surface area (TPSA) is 83.5 Å². The summed E-state index contributed by atoms with van der Waals surface area (Å²) in [6.45, 7) is 13.7. The van der Waals surface area contributed by atoms with Crippen LogP contribution in [0.1, 0.15) is 77.2 Å². The first-order chi connectivity index (χ1) is 15.6. The minimum absolute atomic E-state index is 0.108. The van der Waals surface area contributed by atoms with E-state index in [4.69, 9.17) is 9.90 Å². The average molecular weight is 458 g/mol. The van der Waals surface area contributed by atoms with Gasteiger partial charge in [-0.25, -0.2) is 0 Å². The lowest BCUT2D eigenvalue weighted by Gasteiger charge is -2.23. The lowest BCUT2D eigenvalue weighted by atomic mass is 9.82. The molecule has 2 N–H and O–H groups in total. The van der Waals surface area contributed by atoms with Crippen LogP contribution in [-0.2, 0) is 15.0 Å². The summed E-state index contributed by atoms with van der Waals surface area (Å²) in [6.07, 6.45) is 2.79. The Morgan fingerprint density at radius 2 is 1.36 bits per heavy atom. The quantitative estimate of drug-likeness (QED) is 0.422. The molecule has 5 heteroatoms. The molecule has 2 rings (SSSR count). The molecule has 0 aliphatic heterocycles. The van der Waals surface area contributed by atoms with E-state index < -0.39 is 0 Å². The molecule has 33 heavy (non-hydrogen) atoms. The van der Waals surface area contributed by atoms with Gasteiger partial charge in [0.25, 0.3) is 0 Å². The van der Waals surface area contributed by atoms with Gasteiger partial charge < -0.3 is 15.2 Å². The molecule has 1 atom stereocenters. The number of benzene rings is 2. The number of carbonyl (C=O) groups is 3. The van der Waals surface area contributed by atoms with Crippen LogP contribution in [0.5, 0.6) is 0 Å². The van der Waals surface area contributed by atoms with E-state index >= 15 is 0 Å². The molecule has 0 bridgehead atoms. The molecule has 0 radical (unpaired) electrons. The maximum Gasteiger partial charge on any atom is 0.222 e. The van der Waals surface area contributed by atoms with Gasteiger partial charge in [0.05, 0.1) is 0 Å². The highest BCUT2D eigenvalue weighted by molar-refractivity contribution is 5.94. The number of hydrogen-bond donors (Lipinski definition) is 2. The highest BCUT2D eigenvalue weighted by Crippen LogP contribution is 2.29. The van der Waals surface area contributed by atoms with Gasteiger partial charge in [-0.15, -0.1) is 0 Å². The highest BCUT2D eigenvalue weighted by Gasteiger charge is 2.17. The summed E-state index contributed by atoms with van der Waals surface area (Å²) >= 11 is 0. The van der Waals surface area contributed by atoms with Crippen LogP contribution in [0, 0.1) is 5.92 Å². The molecular formula is C28H43NO4. The minimum atomic E-state index is 0.108. The van der Waals surface area contributed by atoms with Gasteiger partial charge in [-0.3, -0.25) is 9.59 Å². The number of Topliss-reactive ketones (excluding diaryl/α,β-unsaturated/α-hetero) is 1. The Labute approximate surface area is 200 Å². The summed E-state index contributed by atoms with van der Waals surface area (Å²) in [4.78, 5) is 30.7. The molecule has 2 aromatic carbocycles. The summed E-state index contributed by atoms with van der Waals surface area (Å²) < 4.78 is 0. The fourth-order valence-electron chi connectivity index (χ4n) is 2.65. The number of aliphatic hydroxyl groups is 1. The predicted octanol–water partition coefficient (Wildman–Crippen LogP) is 5.84. The normalized spacial score (nSPS) is 10.6. The van der Waals surface area contributed by atoms with Gasteiger partial charge in [0, 0.05) is 25.6 Å². The van der Waals surface area contributed by atoms with E-state index in [1.807, 2.05) is 38.1 Å². The standard InChI is InChI=1S/C19H22O.C6H13NO.C2H4O.CH4O/c1-5-19(3,4)18-12-10-17(11-13-18)16-8-6-15(7-9-16)14(2)20;1-4-5(2)6(8)7-3;1-2-3;1-2/h6-13H,5H2,1-4H3;5H,4H2,1-3H3,(H,7,8);2H,1H3;2H,1H3. The maximum atomic E-state index is 11.3. The summed E-state index contributed by atoms with van der Waals surface area (Å²) in [5.74, 6) is 0.407. The van der Waals surface area contributed by atoms with Gasteiger partial charge in [0.15, 0.2) is 5.78 Å². The van der Waals surface area contributed by atoms with Crippen molar-refractivity contribution < 1.29 is 19.5 Å². The minimum Gasteiger partial charge on any atom is -0.400 e. The molecule has 0 fully saturated rings. The van der Waals surface area contributed by atoms with Crippen molar-refractivity contribution in [1.29, 1.82) is 0 Å². The molecule has 0 saturated carbocycles. The Bertz CT molecular complexity index is 809. The Balaban J connectivity index is 0. The Kier molecular flexibility index (Phi) is 17.4. The van der Waals surface area contributed by atoms with Crippen molar-refractivity contribution in [2.75, 3.05) is 14.2 Å². The molecule has 184 valence electrons. The third kappa shape index (κ3) is 12.1. The number of hydrogen-bond acceptors (Lipinski definition) is 4. The predicted molar refractivity (Wildman–Crippen MR) is 139 cm³/mol. The van der Waals surface area contributed by atoms with Crippen molar-refractivity contribution in [3.8, 4) is 11.1 Å². The summed E-state index contributed by atoms with van der Waals surface area (Å²) in [7, 11) is 2.66. The van der Waals surface area contributed by atoms with E-state index in [0.717, 1.165) is 37.4 Å². The largest absolute Gasteiger partial charge is 0.400 e. The average Bonchev–Trinajstić information content (AvgIpc) is 2.85. The van der Waals surface area contributed by atoms with E-state index in [0.29, 0.717) is 0 Å². The van der Waals surface area contributed by atoms with Crippen LogP contribution in [-0.4, -0.2) is 37.2 Å². The van der Waals surface area contributed by atoms with Crippen molar-refractivity contribution in [2.24, 2.45) is 5.92 Å². The van der Waals surface area contributed by atoms with E-state index in [1.165, 1.54) is 18.1 Å². The number of ketones is 1. The first-order valence-corrected chi connectivity index (χ1v) is 11.4. The number of nitrogens with one attached hydrogen (secondary N) is 1. The zero-order valence-electron chi connectivity index (χ0n) is 21.9. The second kappa shape index (κ2) is 17.7. The number of aliphatic hydroxyl groups excluding tert-OH is 1. The van der Waals surface area contributed by atoms with E-state index in [-0.39, 0.29) is 23.0 Å². The van der Waals surface area contributed by atoms with Crippen molar-refractivity contribution in [3.05, 3.63) is 59.7 Å². The molecule has 5 nitrogen and oxygen atoms in total. The number of rotatable bonds is 6. The van der Waals surface area contributed by atoms with Gasteiger partial charge in [0.2, 0.25) is 5.91 Å². The monoisotopic (exact) mass is 457 g/mol. The second-order valence-electron chi connectivity index (χ2n) is 8.11. The van der Waals surface area contributed by atoms with Crippen LogP contribution >= 0.6 is 0 Å². The Morgan fingerprint density at radius 3 is 1.64 bits per heavy atom. The fourth-order valence-corrected chi connectivity index (χ4v) is 2.65. The van der Waals surface area contributed by atoms with Crippen molar-refractivity contribution in [3.63, 3.8) is 0 Å². The molecule has 2 aromatic rings. The SMILES string of the molecule is CC=O.CCC(C)(C)c1ccc(-c2ccc(C(C)=O)cc2)cc1.CCC(C)C(=O)NC.CO. The van der Waals surface area contributed by atoms with Gasteiger partial charge in [0.1, 0.15) is 6.29 Å². The maximum absolute atomic E-state index is 11.3. The first kappa shape index (κ1) is 32.4. The molecule has 0 aliphatic carbocycles.